The molecule has 1 aromatic heterocycles. The van der Waals surface area contributed by atoms with Gasteiger partial charge in [-0.05, 0) is 18.2 Å². The van der Waals surface area contributed by atoms with Gasteiger partial charge in [0.15, 0.2) is 11.6 Å². The smallest absolute Gasteiger partial charge is 0.251 e. The minimum atomic E-state index is -0.976. The highest BCUT2D eigenvalue weighted by Crippen LogP contribution is 2.21. The average Bonchev–Trinajstić information content (AvgIpc) is 2.50. The molecule has 0 unspecified atom stereocenters. The second kappa shape index (κ2) is 5.28. The molecule has 104 valence electrons. The number of hydrogen-bond donors (Lipinski definition) is 1. The Kier molecular flexibility index (Phi) is 3.31. The van der Waals surface area contributed by atoms with Gasteiger partial charge in [-0.3, -0.25) is 4.79 Å². The van der Waals surface area contributed by atoms with Gasteiger partial charge in [-0.15, -0.1) is 0 Å². The zero-order valence-electron chi connectivity index (χ0n) is 10.8. The van der Waals surface area contributed by atoms with E-state index in [1.54, 1.807) is 12.1 Å². The van der Waals surface area contributed by atoms with Crippen molar-refractivity contribution in [3.05, 3.63) is 76.6 Å². The summed E-state index contributed by atoms with van der Waals surface area (Å²) < 4.78 is 26.3. The van der Waals surface area contributed by atoms with E-state index >= 15 is 0 Å². The molecule has 2 aromatic carbocycles. The number of aromatic nitrogens is 2. The predicted octanol–water partition coefficient (Wildman–Crippen LogP) is 3.38. The van der Waals surface area contributed by atoms with Crippen LogP contribution in [-0.2, 0) is 0 Å². The number of hydrogen-bond acceptors (Lipinski definition) is 2. The van der Waals surface area contributed by atoms with Gasteiger partial charge in [-0.1, -0.05) is 30.3 Å². The Morgan fingerprint density at radius 2 is 1.62 bits per heavy atom. The van der Waals surface area contributed by atoms with Gasteiger partial charge in [0.05, 0.1) is 5.69 Å². The van der Waals surface area contributed by atoms with Gasteiger partial charge in [0.2, 0.25) is 0 Å². The summed E-state index contributed by atoms with van der Waals surface area (Å²) in [5.74, 6) is -1.54. The van der Waals surface area contributed by atoms with Gasteiger partial charge < -0.3 is 4.98 Å². The Hall–Kier alpha value is -2.82. The van der Waals surface area contributed by atoms with Crippen LogP contribution in [-0.4, -0.2) is 9.97 Å². The van der Waals surface area contributed by atoms with Crippen molar-refractivity contribution in [3.63, 3.8) is 0 Å². The van der Waals surface area contributed by atoms with Crippen LogP contribution in [0, 0.1) is 11.6 Å². The maximum Gasteiger partial charge on any atom is 0.251 e. The van der Waals surface area contributed by atoms with Crippen molar-refractivity contribution >= 4 is 0 Å². The summed E-state index contributed by atoms with van der Waals surface area (Å²) in [5.41, 5.74) is 1.01. The van der Waals surface area contributed by atoms with Gasteiger partial charge in [0.1, 0.15) is 5.82 Å². The second-order valence-electron chi connectivity index (χ2n) is 4.47. The molecule has 0 aliphatic carbocycles. The Morgan fingerprint density at radius 1 is 0.857 bits per heavy atom. The van der Waals surface area contributed by atoms with Crippen LogP contribution >= 0.6 is 0 Å². The minimum absolute atomic E-state index is 0.288. The largest absolute Gasteiger partial charge is 0.306 e. The molecule has 0 atom stereocenters. The fourth-order valence-corrected chi connectivity index (χ4v) is 1.99. The molecule has 21 heavy (non-hydrogen) atoms. The Bertz CT molecular complexity index is 844. The lowest BCUT2D eigenvalue weighted by Crippen LogP contribution is -2.08. The van der Waals surface area contributed by atoms with Crippen molar-refractivity contribution in [2.45, 2.75) is 0 Å². The summed E-state index contributed by atoms with van der Waals surface area (Å²) in [6.07, 6.45) is 0. The standard InChI is InChI=1S/C16H10F2N2O/c17-12-7-6-11(8-13(12)18)14-9-15(21)20-16(19-14)10-4-2-1-3-5-10/h1-9H,(H,19,20,21). The molecule has 3 rings (SSSR count). The average molecular weight is 284 g/mol. The first kappa shape index (κ1) is 13.2. The molecule has 0 radical (unpaired) electrons. The van der Waals surface area contributed by atoms with E-state index in [2.05, 4.69) is 9.97 Å². The van der Waals surface area contributed by atoms with Gasteiger partial charge >= 0.3 is 0 Å². The Labute approximate surface area is 118 Å². The zero-order valence-corrected chi connectivity index (χ0v) is 10.8. The highest BCUT2D eigenvalue weighted by atomic mass is 19.2. The molecule has 3 aromatic rings. The summed E-state index contributed by atoms with van der Waals surface area (Å²) in [5, 5.41) is 0. The predicted molar refractivity (Wildman–Crippen MR) is 75.6 cm³/mol. The zero-order chi connectivity index (χ0) is 14.8. The fourth-order valence-electron chi connectivity index (χ4n) is 1.99. The molecular weight excluding hydrogens is 274 g/mol. The van der Waals surface area contributed by atoms with Gasteiger partial charge in [-0.2, -0.15) is 0 Å². The quantitative estimate of drug-likeness (QED) is 0.784. The van der Waals surface area contributed by atoms with Crippen molar-refractivity contribution in [2.75, 3.05) is 0 Å². The van der Waals surface area contributed by atoms with E-state index in [-0.39, 0.29) is 11.3 Å². The highest BCUT2D eigenvalue weighted by molar-refractivity contribution is 5.63. The van der Waals surface area contributed by atoms with Crippen LogP contribution < -0.4 is 5.56 Å². The number of rotatable bonds is 2. The van der Waals surface area contributed by atoms with Crippen LogP contribution in [0.2, 0.25) is 0 Å². The molecule has 0 amide bonds. The summed E-state index contributed by atoms with van der Waals surface area (Å²) in [6.45, 7) is 0. The number of nitrogens with zero attached hydrogens (tertiary/aromatic N) is 1. The van der Waals surface area contributed by atoms with E-state index in [4.69, 9.17) is 0 Å². The van der Waals surface area contributed by atoms with E-state index in [0.717, 1.165) is 17.7 Å². The molecule has 0 saturated heterocycles. The first-order valence-electron chi connectivity index (χ1n) is 6.26. The van der Waals surface area contributed by atoms with E-state index < -0.39 is 11.6 Å². The third-order valence-corrected chi connectivity index (χ3v) is 3.00. The van der Waals surface area contributed by atoms with Gasteiger partial charge in [0.25, 0.3) is 5.56 Å². The van der Waals surface area contributed by atoms with Crippen molar-refractivity contribution in [2.24, 2.45) is 0 Å². The topological polar surface area (TPSA) is 45.8 Å². The van der Waals surface area contributed by atoms with E-state index in [1.165, 1.54) is 12.1 Å². The number of benzene rings is 2. The summed E-state index contributed by atoms with van der Waals surface area (Å²) >= 11 is 0. The third kappa shape index (κ3) is 2.72. The molecular formula is C16H10F2N2O. The van der Waals surface area contributed by atoms with Crippen LogP contribution in [0.4, 0.5) is 8.78 Å². The molecule has 3 nitrogen and oxygen atoms in total. The summed E-state index contributed by atoms with van der Waals surface area (Å²) in [7, 11) is 0. The van der Waals surface area contributed by atoms with Crippen molar-refractivity contribution in [1.29, 1.82) is 0 Å². The normalized spacial score (nSPS) is 10.6. The summed E-state index contributed by atoms with van der Waals surface area (Å²) in [4.78, 5) is 18.7. The van der Waals surface area contributed by atoms with Crippen LogP contribution in [0.15, 0.2) is 59.4 Å². The molecule has 0 saturated carbocycles. The highest BCUT2D eigenvalue weighted by Gasteiger charge is 2.09. The molecule has 0 bridgehead atoms. The van der Waals surface area contributed by atoms with E-state index in [0.29, 0.717) is 11.4 Å². The molecule has 1 heterocycles. The lowest BCUT2D eigenvalue weighted by Gasteiger charge is -2.05. The number of halogens is 2. The van der Waals surface area contributed by atoms with E-state index in [9.17, 15) is 13.6 Å². The number of nitrogens with one attached hydrogen (secondary N) is 1. The van der Waals surface area contributed by atoms with Crippen molar-refractivity contribution in [3.8, 4) is 22.6 Å². The van der Waals surface area contributed by atoms with Gasteiger partial charge in [0, 0.05) is 17.2 Å². The lowest BCUT2D eigenvalue weighted by atomic mass is 10.1. The molecule has 0 aliphatic heterocycles. The Balaban J connectivity index is 2.14. The maximum absolute atomic E-state index is 13.3. The van der Waals surface area contributed by atoms with Crippen LogP contribution in [0.3, 0.4) is 0 Å². The SMILES string of the molecule is O=c1cc(-c2ccc(F)c(F)c2)nc(-c2ccccc2)[nH]1. The second-order valence-corrected chi connectivity index (χ2v) is 4.47. The third-order valence-electron chi connectivity index (χ3n) is 3.00. The fraction of sp³-hybridized carbons (Fsp3) is 0. The first-order valence-corrected chi connectivity index (χ1v) is 6.26. The molecule has 1 N–H and O–H groups in total. The van der Waals surface area contributed by atoms with E-state index in [1.807, 2.05) is 18.2 Å². The van der Waals surface area contributed by atoms with Gasteiger partial charge in [-0.25, -0.2) is 13.8 Å². The lowest BCUT2D eigenvalue weighted by molar-refractivity contribution is 0.509. The molecule has 5 heteroatoms. The number of aromatic amines is 1. The van der Waals surface area contributed by atoms with Crippen LogP contribution in [0.5, 0.6) is 0 Å². The summed E-state index contributed by atoms with van der Waals surface area (Å²) in [6, 6.07) is 13.7. The van der Waals surface area contributed by atoms with Crippen molar-refractivity contribution < 1.29 is 8.78 Å². The van der Waals surface area contributed by atoms with Crippen molar-refractivity contribution in [1.82, 2.24) is 9.97 Å². The van der Waals surface area contributed by atoms with Crippen LogP contribution in [0.25, 0.3) is 22.6 Å². The monoisotopic (exact) mass is 284 g/mol. The number of H-pyrrole nitrogens is 1. The molecule has 0 fully saturated rings. The maximum atomic E-state index is 13.3. The molecule has 0 spiro atoms. The Morgan fingerprint density at radius 3 is 2.33 bits per heavy atom. The minimum Gasteiger partial charge on any atom is -0.306 e. The molecule has 0 aliphatic rings. The van der Waals surface area contributed by atoms with Crippen LogP contribution in [0.1, 0.15) is 0 Å². The first-order chi connectivity index (χ1) is 10.1.